The van der Waals surface area contributed by atoms with Gasteiger partial charge in [0.1, 0.15) is 0 Å². The van der Waals surface area contributed by atoms with Crippen LogP contribution in [0.25, 0.3) is 0 Å². The third-order valence-corrected chi connectivity index (χ3v) is 3.92. The fourth-order valence-corrected chi connectivity index (χ4v) is 2.79. The zero-order valence-electron chi connectivity index (χ0n) is 12.6. The number of hydrogen-bond donors (Lipinski definition) is 1. The molecule has 1 aromatic carbocycles. The van der Waals surface area contributed by atoms with Crippen molar-refractivity contribution < 1.29 is 0 Å². The summed E-state index contributed by atoms with van der Waals surface area (Å²) in [5.74, 6) is 0. The Morgan fingerprint density at radius 2 is 2.10 bits per heavy atom. The van der Waals surface area contributed by atoms with Crippen LogP contribution < -0.4 is 10.6 Å². The van der Waals surface area contributed by atoms with Crippen molar-refractivity contribution in [3.8, 4) is 0 Å². The molecule has 2 N–H and O–H groups in total. The second-order valence-corrected chi connectivity index (χ2v) is 6.36. The molecule has 0 radical (unpaired) electrons. The van der Waals surface area contributed by atoms with Crippen LogP contribution in [-0.4, -0.2) is 24.6 Å². The number of rotatable bonds is 6. The minimum absolute atomic E-state index is 0.155. The molecule has 3 nitrogen and oxygen atoms in total. The van der Waals surface area contributed by atoms with Crippen LogP contribution in [0.4, 0.5) is 5.69 Å². The summed E-state index contributed by atoms with van der Waals surface area (Å²) in [6.07, 6.45) is 3.66. The Labute approximate surface area is 135 Å². The SMILES string of the molecule is CC(N)Cc1cc(Br)ccc1N(C)CCc1ccccn1. The van der Waals surface area contributed by atoms with Gasteiger partial charge in [0.25, 0.3) is 0 Å². The summed E-state index contributed by atoms with van der Waals surface area (Å²) < 4.78 is 1.10. The summed E-state index contributed by atoms with van der Waals surface area (Å²) in [5, 5.41) is 0. The highest BCUT2D eigenvalue weighted by Crippen LogP contribution is 2.25. The average Bonchev–Trinajstić information content (AvgIpc) is 2.45. The second kappa shape index (κ2) is 7.57. The lowest BCUT2D eigenvalue weighted by atomic mass is 10.0. The van der Waals surface area contributed by atoms with Gasteiger partial charge in [-0.2, -0.15) is 0 Å². The number of nitrogens with two attached hydrogens (primary N) is 1. The van der Waals surface area contributed by atoms with E-state index in [4.69, 9.17) is 5.73 Å². The van der Waals surface area contributed by atoms with Gasteiger partial charge in [-0.05, 0) is 49.2 Å². The molecule has 2 aromatic rings. The van der Waals surface area contributed by atoms with Crippen molar-refractivity contribution in [2.24, 2.45) is 5.73 Å². The van der Waals surface area contributed by atoms with Gasteiger partial charge in [-0.1, -0.05) is 22.0 Å². The zero-order valence-corrected chi connectivity index (χ0v) is 14.2. The van der Waals surface area contributed by atoms with Gasteiger partial charge >= 0.3 is 0 Å². The van der Waals surface area contributed by atoms with Crippen LogP contribution in [0.3, 0.4) is 0 Å². The molecule has 0 fully saturated rings. The second-order valence-electron chi connectivity index (χ2n) is 5.45. The van der Waals surface area contributed by atoms with Crippen LogP contribution >= 0.6 is 15.9 Å². The van der Waals surface area contributed by atoms with Gasteiger partial charge in [-0.3, -0.25) is 4.98 Å². The van der Waals surface area contributed by atoms with Crippen molar-refractivity contribution in [2.45, 2.75) is 25.8 Å². The van der Waals surface area contributed by atoms with E-state index in [9.17, 15) is 0 Å². The Balaban J connectivity index is 2.09. The van der Waals surface area contributed by atoms with Gasteiger partial charge in [0, 0.05) is 48.1 Å². The zero-order chi connectivity index (χ0) is 15.2. The van der Waals surface area contributed by atoms with Crippen molar-refractivity contribution in [1.29, 1.82) is 0 Å². The number of aromatic nitrogens is 1. The van der Waals surface area contributed by atoms with Crippen LogP contribution in [0, 0.1) is 0 Å². The van der Waals surface area contributed by atoms with E-state index in [1.54, 1.807) is 0 Å². The van der Waals surface area contributed by atoms with Gasteiger partial charge in [0.15, 0.2) is 0 Å². The molecule has 2 rings (SSSR count). The number of halogens is 1. The fourth-order valence-electron chi connectivity index (χ4n) is 2.39. The first-order valence-electron chi connectivity index (χ1n) is 7.21. The van der Waals surface area contributed by atoms with Crippen LogP contribution in [-0.2, 0) is 12.8 Å². The standard InChI is InChI=1S/C17H22BrN3/c1-13(19)11-14-12-15(18)6-7-17(14)21(2)10-8-16-5-3-4-9-20-16/h3-7,9,12-13H,8,10-11,19H2,1-2H3. The van der Waals surface area contributed by atoms with Crippen LogP contribution in [0.5, 0.6) is 0 Å². The number of pyridine rings is 1. The lowest BCUT2D eigenvalue weighted by Gasteiger charge is -2.23. The summed E-state index contributed by atoms with van der Waals surface area (Å²) in [4.78, 5) is 6.65. The minimum Gasteiger partial charge on any atom is -0.374 e. The van der Waals surface area contributed by atoms with Gasteiger partial charge in [-0.25, -0.2) is 0 Å². The summed E-state index contributed by atoms with van der Waals surface area (Å²) in [6, 6.07) is 12.6. The maximum absolute atomic E-state index is 5.96. The Kier molecular flexibility index (Phi) is 5.76. The predicted octanol–water partition coefficient (Wildman–Crippen LogP) is 3.41. The monoisotopic (exact) mass is 347 g/mol. The molecule has 1 aromatic heterocycles. The average molecular weight is 348 g/mol. The fraction of sp³-hybridized carbons (Fsp3) is 0.353. The molecule has 0 saturated carbocycles. The lowest BCUT2D eigenvalue weighted by molar-refractivity contribution is 0.733. The quantitative estimate of drug-likeness (QED) is 0.870. The molecule has 1 atom stereocenters. The molecule has 0 bridgehead atoms. The third-order valence-electron chi connectivity index (χ3n) is 3.42. The Morgan fingerprint density at radius 1 is 1.29 bits per heavy atom. The van der Waals surface area contributed by atoms with Crippen molar-refractivity contribution in [3.05, 3.63) is 58.3 Å². The molecule has 4 heteroatoms. The van der Waals surface area contributed by atoms with Crippen LogP contribution in [0.1, 0.15) is 18.2 Å². The first-order valence-corrected chi connectivity index (χ1v) is 8.00. The molecule has 0 saturated heterocycles. The van der Waals surface area contributed by atoms with Gasteiger partial charge < -0.3 is 10.6 Å². The first kappa shape index (κ1) is 16.0. The van der Waals surface area contributed by atoms with E-state index in [-0.39, 0.29) is 6.04 Å². The molecule has 0 aliphatic carbocycles. The maximum Gasteiger partial charge on any atom is 0.0421 e. The summed E-state index contributed by atoms with van der Waals surface area (Å²) >= 11 is 3.54. The molecule has 1 unspecified atom stereocenters. The lowest BCUT2D eigenvalue weighted by Crippen LogP contribution is -2.24. The molecular formula is C17H22BrN3. The van der Waals surface area contributed by atoms with Crippen LogP contribution in [0.2, 0.25) is 0 Å². The largest absolute Gasteiger partial charge is 0.374 e. The topological polar surface area (TPSA) is 42.1 Å². The number of benzene rings is 1. The number of hydrogen-bond acceptors (Lipinski definition) is 3. The highest BCUT2D eigenvalue weighted by Gasteiger charge is 2.10. The number of likely N-dealkylation sites (N-methyl/N-ethyl adjacent to an activating group) is 1. The van der Waals surface area contributed by atoms with E-state index in [2.05, 4.69) is 57.1 Å². The summed E-state index contributed by atoms with van der Waals surface area (Å²) in [5.41, 5.74) is 9.61. The van der Waals surface area contributed by atoms with Crippen LogP contribution in [0.15, 0.2) is 47.1 Å². The Bertz CT molecular complexity index is 570. The first-order chi connectivity index (χ1) is 10.1. The van der Waals surface area contributed by atoms with E-state index < -0.39 is 0 Å². The third kappa shape index (κ3) is 4.83. The molecule has 0 spiro atoms. The van der Waals surface area contributed by atoms with Gasteiger partial charge in [0.05, 0.1) is 0 Å². The number of anilines is 1. The molecule has 0 aliphatic rings. The summed E-state index contributed by atoms with van der Waals surface area (Å²) in [7, 11) is 2.12. The van der Waals surface area contributed by atoms with Gasteiger partial charge in [0.2, 0.25) is 0 Å². The van der Waals surface area contributed by atoms with Crippen molar-refractivity contribution in [3.63, 3.8) is 0 Å². The molecular weight excluding hydrogens is 326 g/mol. The summed E-state index contributed by atoms with van der Waals surface area (Å²) in [6.45, 7) is 2.98. The normalized spacial score (nSPS) is 12.2. The van der Waals surface area contributed by atoms with E-state index in [1.165, 1.54) is 11.3 Å². The smallest absolute Gasteiger partial charge is 0.0421 e. The molecule has 112 valence electrons. The minimum atomic E-state index is 0.155. The van der Waals surface area contributed by atoms with Crippen molar-refractivity contribution in [2.75, 3.05) is 18.5 Å². The van der Waals surface area contributed by atoms with E-state index in [1.807, 2.05) is 25.3 Å². The van der Waals surface area contributed by atoms with Crippen molar-refractivity contribution in [1.82, 2.24) is 4.98 Å². The Morgan fingerprint density at radius 3 is 2.76 bits per heavy atom. The highest BCUT2D eigenvalue weighted by molar-refractivity contribution is 9.10. The maximum atomic E-state index is 5.96. The van der Waals surface area contributed by atoms with Crippen molar-refractivity contribution >= 4 is 21.6 Å². The predicted molar refractivity (Wildman–Crippen MR) is 92.7 cm³/mol. The molecule has 21 heavy (non-hydrogen) atoms. The van der Waals surface area contributed by atoms with E-state index >= 15 is 0 Å². The molecule has 0 aliphatic heterocycles. The highest BCUT2D eigenvalue weighted by atomic mass is 79.9. The van der Waals surface area contributed by atoms with E-state index in [0.717, 1.165) is 29.6 Å². The van der Waals surface area contributed by atoms with E-state index in [0.29, 0.717) is 0 Å². The van der Waals surface area contributed by atoms with Gasteiger partial charge in [-0.15, -0.1) is 0 Å². The molecule has 1 heterocycles. The Hall–Kier alpha value is -1.39. The number of nitrogens with zero attached hydrogens (tertiary/aromatic N) is 2. The molecule has 0 amide bonds.